The van der Waals surface area contributed by atoms with Crippen LogP contribution in [0.4, 0.5) is 18.9 Å². The first-order chi connectivity index (χ1) is 14.9. The summed E-state index contributed by atoms with van der Waals surface area (Å²) in [5.74, 6) is -1.68. The molecule has 3 aromatic carbocycles. The lowest BCUT2D eigenvalue weighted by atomic mass is 10.0. The monoisotopic (exact) mass is 465 g/mol. The fraction of sp³-hybridized carbons (Fsp3) is 0.136. The first kappa shape index (κ1) is 23.1. The predicted octanol–water partition coefficient (Wildman–Crippen LogP) is 5.19. The molecular weight excluding hydrogens is 447 g/mol. The van der Waals surface area contributed by atoms with Gasteiger partial charge in [-0.1, -0.05) is 36.4 Å². The number of alkyl halides is 3. The topological polar surface area (TPSA) is 92.7 Å². The first-order valence-corrected chi connectivity index (χ1v) is 10.6. The van der Waals surface area contributed by atoms with Gasteiger partial charge in [0, 0.05) is 0 Å². The number of methoxy groups -OCH3 is 1. The second-order valence-corrected chi connectivity index (χ2v) is 8.51. The molecule has 0 spiro atoms. The van der Waals surface area contributed by atoms with Gasteiger partial charge in [-0.25, -0.2) is 13.2 Å². The second-order valence-electron chi connectivity index (χ2n) is 6.86. The van der Waals surface area contributed by atoms with E-state index < -0.39 is 32.6 Å². The third kappa shape index (κ3) is 4.70. The van der Waals surface area contributed by atoms with Crippen LogP contribution in [-0.4, -0.2) is 26.6 Å². The highest BCUT2D eigenvalue weighted by Gasteiger charge is 2.34. The van der Waals surface area contributed by atoms with Gasteiger partial charge in [0.25, 0.3) is 10.0 Å². The summed E-state index contributed by atoms with van der Waals surface area (Å²) in [7, 11) is -3.52. The molecule has 2 N–H and O–H groups in total. The molecule has 0 aromatic heterocycles. The van der Waals surface area contributed by atoms with E-state index in [4.69, 9.17) is 4.74 Å². The zero-order chi connectivity index (χ0) is 23.7. The van der Waals surface area contributed by atoms with Gasteiger partial charge in [-0.2, -0.15) is 13.2 Å². The van der Waals surface area contributed by atoms with E-state index in [9.17, 15) is 31.5 Å². The lowest BCUT2D eigenvalue weighted by Gasteiger charge is -2.18. The van der Waals surface area contributed by atoms with E-state index in [0.717, 1.165) is 13.2 Å². The minimum atomic E-state index is -4.79. The molecule has 0 amide bonds. The van der Waals surface area contributed by atoms with E-state index in [2.05, 4.69) is 4.72 Å². The number of ether oxygens (including phenoxy) is 1. The third-order valence-electron chi connectivity index (χ3n) is 4.66. The quantitative estimate of drug-likeness (QED) is 0.523. The molecule has 3 aromatic rings. The van der Waals surface area contributed by atoms with Crippen LogP contribution >= 0.6 is 0 Å². The molecule has 32 heavy (non-hydrogen) atoms. The number of anilines is 1. The lowest BCUT2D eigenvalue weighted by molar-refractivity contribution is -0.137. The Bertz CT molecular complexity index is 1270. The van der Waals surface area contributed by atoms with Gasteiger partial charge >= 0.3 is 12.1 Å². The molecule has 10 heteroatoms. The molecule has 3 rings (SSSR count). The number of nitrogens with one attached hydrogen (secondary N) is 1. The maximum Gasteiger partial charge on any atom is 0.416 e. The van der Waals surface area contributed by atoms with E-state index in [1.807, 2.05) is 0 Å². The molecule has 0 aliphatic heterocycles. The number of aromatic carboxylic acids is 1. The zero-order valence-corrected chi connectivity index (χ0v) is 17.7. The molecule has 0 aliphatic rings. The summed E-state index contributed by atoms with van der Waals surface area (Å²) in [5, 5.41) is 9.48. The Morgan fingerprint density at radius 3 is 2.22 bits per heavy atom. The Kier molecular flexibility index (Phi) is 6.18. The van der Waals surface area contributed by atoms with Crippen LogP contribution in [0.25, 0.3) is 11.1 Å². The number of hydrogen-bond acceptors (Lipinski definition) is 4. The molecular formula is C22H18F3NO5S. The number of carboxylic acid groups (broad SMARTS) is 1. The van der Waals surface area contributed by atoms with Crippen molar-refractivity contribution in [1.29, 1.82) is 0 Å². The zero-order valence-electron chi connectivity index (χ0n) is 16.9. The van der Waals surface area contributed by atoms with Gasteiger partial charge in [-0.05, 0) is 47.9 Å². The summed E-state index contributed by atoms with van der Waals surface area (Å²) in [6.45, 7) is 1.28. The summed E-state index contributed by atoms with van der Waals surface area (Å²) in [6, 6.07) is 14.0. The largest absolute Gasteiger partial charge is 0.495 e. The Morgan fingerprint density at radius 2 is 1.66 bits per heavy atom. The van der Waals surface area contributed by atoms with Crippen molar-refractivity contribution in [2.24, 2.45) is 0 Å². The summed E-state index contributed by atoms with van der Waals surface area (Å²) in [6.07, 6.45) is -4.79. The summed E-state index contributed by atoms with van der Waals surface area (Å²) in [4.78, 5) is 10.9. The second kappa shape index (κ2) is 8.54. The van der Waals surface area contributed by atoms with Crippen LogP contribution in [0, 0.1) is 6.92 Å². The van der Waals surface area contributed by atoms with Crippen LogP contribution in [-0.2, 0) is 16.2 Å². The van der Waals surface area contributed by atoms with Gasteiger partial charge < -0.3 is 9.84 Å². The number of benzene rings is 3. The molecule has 0 radical (unpaired) electrons. The number of rotatable bonds is 6. The van der Waals surface area contributed by atoms with E-state index >= 15 is 0 Å². The van der Waals surface area contributed by atoms with Crippen LogP contribution < -0.4 is 9.46 Å². The molecule has 0 unspecified atom stereocenters. The molecule has 6 nitrogen and oxygen atoms in total. The average molecular weight is 465 g/mol. The fourth-order valence-corrected chi connectivity index (χ4v) is 4.53. The van der Waals surface area contributed by atoms with E-state index in [-0.39, 0.29) is 22.6 Å². The van der Waals surface area contributed by atoms with Crippen LogP contribution in [0.1, 0.15) is 21.5 Å². The maximum atomic E-state index is 13.3. The van der Waals surface area contributed by atoms with Crippen molar-refractivity contribution in [3.8, 4) is 16.9 Å². The van der Waals surface area contributed by atoms with Crippen LogP contribution in [0.5, 0.6) is 5.75 Å². The summed E-state index contributed by atoms with van der Waals surface area (Å²) < 4.78 is 73.1. The molecule has 0 saturated heterocycles. The molecule has 0 bridgehead atoms. The Balaban J connectivity index is 2.16. The first-order valence-electron chi connectivity index (χ1n) is 9.15. The number of halogens is 3. The minimum absolute atomic E-state index is 0.0424. The van der Waals surface area contributed by atoms with Crippen LogP contribution in [0.15, 0.2) is 65.6 Å². The van der Waals surface area contributed by atoms with Crippen molar-refractivity contribution < 1.29 is 36.2 Å². The van der Waals surface area contributed by atoms with Crippen molar-refractivity contribution >= 4 is 21.7 Å². The Morgan fingerprint density at radius 1 is 1.00 bits per heavy atom. The number of carboxylic acids is 1. The van der Waals surface area contributed by atoms with Crippen molar-refractivity contribution in [2.75, 3.05) is 11.8 Å². The Hall–Kier alpha value is -3.53. The van der Waals surface area contributed by atoms with Crippen LogP contribution in [0.2, 0.25) is 0 Å². The predicted molar refractivity (Wildman–Crippen MR) is 112 cm³/mol. The number of carbonyl (C=O) groups is 1. The van der Waals surface area contributed by atoms with E-state index in [0.29, 0.717) is 17.2 Å². The molecule has 0 atom stereocenters. The van der Waals surface area contributed by atoms with Gasteiger partial charge in [-0.15, -0.1) is 0 Å². The van der Waals surface area contributed by atoms with Gasteiger partial charge in [0.15, 0.2) is 0 Å². The number of sulfonamides is 1. The average Bonchev–Trinajstić information content (AvgIpc) is 2.72. The van der Waals surface area contributed by atoms with Crippen LogP contribution in [0.3, 0.4) is 0 Å². The highest BCUT2D eigenvalue weighted by Crippen LogP contribution is 2.38. The Labute approximate surface area is 182 Å². The summed E-state index contributed by atoms with van der Waals surface area (Å²) >= 11 is 0. The van der Waals surface area contributed by atoms with Gasteiger partial charge in [0.05, 0.1) is 23.9 Å². The maximum absolute atomic E-state index is 13.3. The summed E-state index contributed by atoms with van der Waals surface area (Å²) in [5.41, 5.74) is -0.670. The van der Waals surface area contributed by atoms with Crippen molar-refractivity contribution in [3.63, 3.8) is 0 Å². The number of hydrogen-bond donors (Lipinski definition) is 2. The highest BCUT2D eigenvalue weighted by atomic mass is 32.2. The van der Waals surface area contributed by atoms with Gasteiger partial charge in [-0.3, -0.25) is 4.72 Å². The standard InChI is InChI=1S/C22H18F3NO5S/c1-13-10-16(22(23,24)25)12-19(20(13)31-2)32(29,30)26-18-11-15(8-9-17(18)21(27)28)14-6-4-3-5-7-14/h3-12,26H,1-2H3,(H,27,28). The fourth-order valence-electron chi connectivity index (χ4n) is 3.19. The molecule has 0 fully saturated rings. The van der Waals surface area contributed by atoms with Crippen molar-refractivity contribution in [2.45, 2.75) is 18.0 Å². The smallest absolute Gasteiger partial charge is 0.416 e. The molecule has 0 saturated carbocycles. The van der Waals surface area contributed by atoms with E-state index in [1.54, 1.807) is 30.3 Å². The third-order valence-corrected chi connectivity index (χ3v) is 6.03. The molecule has 168 valence electrons. The number of aryl methyl sites for hydroxylation is 1. The molecule has 0 aliphatic carbocycles. The lowest BCUT2D eigenvalue weighted by Crippen LogP contribution is -2.18. The minimum Gasteiger partial charge on any atom is -0.495 e. The SMILES string of the molecule is COc1c(C)cc(C(F)(F)F)cc1S(=O)(=O)Nc1cc(-c2ccccc2)ccc1C(=O)O. The van der Waals surface area contributed by atoms with Gasteiger partial charge in [0.2, 0.25) is 0 Å². The molecule has 0 heterocycles. The van der Waals surface area contributed by atoms with E-state index in [1.165, 1.54) is 25.1 Å². The normalized spacial score (nSPS) is 11.8. The van der Waals surface area contributed by atoms with Crippen molar-refractivity contribution in [3.05, 3.63) is 77.4 Å². The van der Waals surface area contributed by atoms with Gasteiger partial charge in [0.1, 0.15) is 10.6 Å². The van der Waals surface area contributed by atoms with Crippen molar-refractivity contribution in [1.82, 2.24) is 0 Å². The highest BCUT2D eigenvalue weighted by molar-refractivity contribution is 7.92.